The van der Waals surface area contributed by atoms with Crippen molar-refractivity contribution in [3.8, 4) is 0 Å². The molecule has 19 heavy (non-hydrogen) atoms. The third-order valence-corrected chi connectivity index (χ3v) is 3.81. The number of nitrogens with one attached hydrogen (secondary N) is 1. The second kappa shape index (κ2) is 5.84. The fraction of sp³-hybridized carbons (Fsp3) is 0.286. The monoisotopic (exact) mass is 276 g/mol. The fourth-order valence-corrected chi connectivity index (χ4v) is 2.80. The molecule has 1 atom stereocenters. The summed E-state index contributed by atoms with van der Waals surface area (Å²) in [6, 6.07) is 9.62. The number of benzene rings is 1. The Morgan fingerprint density at radius 2 is 2.21 bits per heavy atom. The predicted molar refractivity (Wildman–Crippen MR) is 78.9 cm³/mol. The number of anilines is 1. The van der Waals surface area contributed by atoms with Crippen LogP contribution in [-0.2, 0) is 6.42 Å². The molecule has 4 nitrogen and oxygen atoms in total. The zero-order valence-electron chi connectivity index (χ0n) is 10.9. The van der Waals surface area contributed by atoms with Gasteiger partial charge in [-0.3, -0.25) is 10.1 Å². The highest BCUT2D eigenvalue weighted by atomic mass is 32.1. The van der Waals surface area contributed by atoms with Crippen LogP contribution >= 0.6 is 11.3 Å². The van der Waals surface area contributed by atoms with Gasteiger partial charge in [-0.1, -0.05) is 12.1 Å². The van der Waals surface area contributed by atoms with Crippen molar-refractivity contribution in [1.82, 2.24) is 0 Å². The van der Waals surface area contributed by atoms with Gasteiger partial charge in [0.25, 0.3) is 5.69 Å². The van der Waals surface area contributed by atoms with Crippen LogP contribution in [0.25, 0.3) is 0 Å². The van der Waals surface area contributed by atoms with Crippen molar-refractivity contribution < 1.29 is 4.92 Å². The van der Waals surface area contributed by atoms with Crippen molar-refractivity contribution in [2.75, 3.05) is 5.32 Å². The Kier molecular flexibility index (Phi) is 4.16. The summed E-state index contributed by atoms with van der Waals surface area (Å²) in [4.78, 5) is 11.9. The van der Waals surface area contributed by atoms with Crippen molar-refractivity contribution in [2.24, 2.45) is 0 Å². The summed E-state index contributed by atoms with van der Waals surface area (Å²) in [5, 5.41) is 16.3. The average Bonchev–Trinajstić information content (AvgIpc) is 2.84. The van der Waals surface area contributed by atoms with Crippen LogP contribution in [0.2, 0.25) is 0 Å². The molecule has 1 unspecified atom stereocenters. The predicted octanol–water partition coefficient (Wildman–Crippen LogP) is 4.01. The molecular formula is C14H16N2O2S. The Hall–Kier alpha value is -1.88. The van der Waals surface area contributed by atoms with E-state index >= 15 is 0 Å². The molecule has 0 radical (unpaired) electrons. The van der Waals surface area contributed by atoms with E-state index in [-0.39, 0.29) is 16.7 Å². The van der Waals surface area contributed by atoms with Gasteiger partial charge < -0.3 is 5.32 Å². The van der Waals surface area contributed by atoms with Gasteiger partial charge in [0.2, 0.25) is 0 Å². The first kappa shape index (κ1) is 13.5. The zero-order chi connectivity index (χ0) is 13.8. The van der Waals surface area contributed by atoms with Crippen LogP contribution in [-0.4, -0.2) is 11.0 Å². The second-order valence-corrected chi connectivity index (χ2v) is 5.62. The standard InChI is InChI=1S/C14H16N2O2S/c1-10-5-6-12(9-14(10)16(17)18)15-11(2)8-13-4-3-7-19-13/h3-7,9,11,15H,8H2,1-2H3. The number of aryl methyl sites for hydroxylation is 1. The first-order chi connectivity index (χ1) is 9.06. The molecule has 1 N–H and O–H groups in total. The van der Waals surface area contributed by atoms with E-state index < -0.39 is 0 Å². The summed E-state index contributed by atoms with van der Waals surface area (Å²) < 4.78 is 0. The third kappa shape index (κ3) is 3.54. The Bertz CT molecular complexity index is 567. The number of thiophene rings is 1. The molecule has 5 heteroatoms. The number of nitro groups is 1. The lowest BCUT2D eigenvalue weighted by Crippen LogP contribution is -2.17. The van der Waals surface area contributed by atoms with Gasteiger partial charge in [-0.2, -0.15) is 0 Å². The molecule has 1 aromatic carbocycles. The Morgan fingerprint density at radius 1 is 1.42 bits per heavy atom. The topological polar surface area (TPSA) is 55.2 Å². The lowest BCUT2D eigenvalue weighted by Gasteiger charge is -2.14. The molecule has 100 valence electrons. The number of hydrogen-bond donors (Lipinski definition) is 1. The van der Waals surface area contributed by atoms with Gasteiger partial charge in [0, 0.05) is 34.7 Å². The Labute approximate surface area is 116 Å². The van der Waals surface area contributed by atoms with Crippen molar-refractivity contribution in [3.05, 3.63) is 56.3 Å². The molecule has 0 saturated heterocycles. The van der Waals surface area contributed by atoms with Gasteiger partial charge in [0.1, 0.15) is 0 Å². The van der Waals surface area contributed by atoms with E-state index in [2.05, 4.69) is 23.7 Å². The molecule has 0 aliphatic heterocycles. The summed E-state index contributed by atoms with van der Waals surface area (Å²) in [5.74, 6) is 0. The molecular weight excluding hydrogens is 260 g/mol. The lowest BCUT2D eigenvalue weighted by molar-refractivity contribution is -0.385. The molecule has 0 fully saturated rings. The summed E-state index contributed by atoms with van der Waals surface area (Å²) in [7, 11) is 0. The van der Waals surface area contributed by atoms with Gasteiger partial charge in [-0.05, 0) is 31.4 Å². The van der Waals surface area contributed by atoms with E-state index in [1.165, 1.54) is 4.88 Å². The third-order valence-electron chi connectivity index (χ3n) is 2.91. The van der Waals surface area contributed by atoms with Gasteiger partial charge in [-0.15, -0.1) is 11.3 Å². The molecule has 0 amide bonds. The quantitative estimate of drug-likeness (QED) is 0.663. The van der Waals surface area contributed by atoms with Crippen LogP contribution in [0, 0.1) is 17.0 Å². The highest BCUT2D eigenvalue weighted by molar-refractivity contribution is 7.09. The van der Waals surface area contributed by atoms with Gasteiger partial charge in [0.05, 0.1) is 4.92 Å². The maximum atomic E-state index is 10.9. The number of nitro benzene ring substituents is 1. The zero-order valence-corrected chi connectivity index (χ0v) is 11.7. The second-order valence-electron chi connectivity index (χ2n) is 4.59. The Morgan fingerprint density at radius 3 is 2.84 bits per heavy atom. The molecule has 0 aliphatic rings. The smallest absolute Gasteiger partial charge is 0.274 e. The number of hydrogen-bond acceptors (Lipinski definition) is 4. The highest BCUT2D eigenvalue weighted by Crippen LogP contribution is 2.23. The Balaban J connectivity index is 2.06. The summed E-state index contributed by atoms with van der Waals surface area (Å²) in [6.07, 6.45) is 0.916. The molecule has 0 aliphatic carbocycles. The van der Waals surface area contributed by atoms with E-state index in [1.807, 2.05) is 12.1 Å². The SMILES string of the molecule is Cc1ccc(NC(C)Cc2cccs2)cc1[N+](=O)[O-]. The van der Waals surface area contributed by atoms with Crippen LogP contribution in [0.3, 0.4) is 0 Å². The molecule has 0 saturated carbocycles. The molecule has 1 aromatic heterocycles. The molecule has 2 aromatic rings. The van der Waals surface area contributed by atoms with Crippen molar-refractivity contribution in [2.45, 2.75) is 26.3 Å². The fourth-order valence-electron chi connectivity index (χ4n) is 1.96. The first-order valence-electron chi connectivity index (χ1n) is 6.10. The molecule has 2 rings (SSSR count). The van der Waals surface area contributed by atoms with Crippen molar-refractivity contribution in [1.29, 1.82) is 0 Å². The maximum Gasteiger partial charge on any atom is 0.274 e. The van der Waals surface area contributed by atoms with E-state index in [0.717, 1.165) is 12.1 Å². The number of nitrogens with zero attached hydrogens (tertiary/aromatic N) is 1. The minimum absolute atomic E-state index is 0.160. The van der Waals surface area contributed by atoms with E-state index in [0.29, 0.717) is 5.56 Å². The first-order valence-corrected chi connectivity index (χ1v) is 6.98. The summed E-state index contributed by atoms with van der Waals surface area (Å²) in [5.41, 5.74) is 1.64. The van der Waals surface area contributed by atoms with Gasteiger partial charge in [-0.25, -0.2) is 0 Å². The van der Waals surface area contributed by atoms with Crippen LogP contribution in [0.1, 0.15) is 17.4 Å². The molecule has 1 heterocycles. The maximum absolute atomic E-state index is 10.9. The van der Waals surface area contributed by atoms with Gasteiger partial charge in [0.15, 0.2) is 0 Å². The summed E-state index contributed by atoms with van der Waals surface area (Å²) >= 11 is 1.72. The van der Waals surface area contributed by atoms with Crippen LogP contribution in [0.5, 0.6) is 0 Å². The minimum atomic E-state index is -0.343. The van der Waals surface area contributed by atoms with Gasteiger partial charge >= 0.3 is 0 Å². The molecule has 0 spiro atoms. The van der Waals surface area contributed by atoms with Crippen LogP contribution in [0.15, 0.2) is 35.7 Å². The minimum Gasteiger partial charge on any atom is -0.382 e. The van der Waals surface area contributed by atoms with E-state index in [9.17, 15) is 10.1 Å². The van der Waals surface area contributed by atoms with Crippen molar-refractivity contribution in [3.63, 3.8) is 0 Å². The van der Waals surface area contributed by atoms with E-state index in [4.69, 9.17) is 0 Å². The van der Waals surface area contributed by atoms with Crippen LogP contribution in [0.4, 0.5) is 11.4 Å². The van der Waals surface area contributed by atoms with Crippen LogP contribution < -0.4 is 5.32 Å². The van der Waals surface area contributed by atoms with Crippen molar-refractivity contribution >= 4 is 22.7 Å². The highest BCUT2D eigenvalue weighted by Gasteiger charge is 2.12. The average molecular weight is 276 g/mol. The van der Waals surface area contributed by atoms with E-state index in [1.54, 1.807) is 30.4 Å². The largest absolute Gasteiger partial charge is 0.382 e. The normalized spacial score (nSPS) is 12.1. The number of rotatable bonds is 5. The molecule has 0 bridgehead atoms. The summed E-state index contributed by atoms with van der Waals surface area (Å²) in [6.45, 7) is 3.82. The lowest BCUT2D eigenvalue weighted by atomic mass is 10.1.